The summed E-state index contributed by atoms with van der Waals surface area (Å²) >= 11 is 7.64. The quantitative estimate of drug-likeness (QED) is 0.585. The highest BCUT2D eigenvalue weighted by molar-refractivity contribution is 7.13. The Kier molecular flexibility index (Phi) is 4.75. The maximum Gasteiger partial charge on any atom is 0.433 e. The van der Waals surface area contributed by atoms with Crippen LogP contribution in [-0.2, 0) is 6.18 Å². The molecule has 0 aliphatic carbocycles. The van der Waals surface area contributed by atoms with Gasteiger partial charge in [0.25, 0.3) is 5.91 Å². The van der Waals surface area contributed by atoms with Gasteiger partial charge in [0, 0.05) is 25.7 Å². The van der Waals surface area contributed by atoms with Gasteiger partial charge in [-0.3, -0.25) is 9.69 Å². The van der Waals surface area contributed by atoms with Crippen molar-refractivity contribution >= 4 is 34.5 Å². The van der Waals surface area contributed by atoms with Crippen molar-refractivity contribution in [1.29, 1.82) is 0 Å². The van der Waals surface area contributed by atoms with Crippen LogP contribution in [0.25, 0.3) is 16.2 Å². The zero-order chi connectivity index (χ0) is 21.0. The summed E-state index contributed by atoms with van der Waals surface area (Å²) in [5, 5.41) is 5.56. The first kappa shape index (κ1) is 19.8. The molecule has 0 saturated carbocycles. The first-order valence-corrected chi connectivity index (χ1v) is 10.8. The Morgan fingerprint density at radius 2 is 2.10 bits per heavy atom. The number of thiophene rings is 1. The Morgan fingerprint density at radius 3 is 2.83 bits per heavy atom. The van der Waals surface area contributed by atoms with Crippen LogP contribution >= 0.6 is 22.9 Å². The fourth-order valence-corrected chi connectivity index (χ4v) is 5.13. The van der Waals surface area contributed by atoms with Gasteiger partial charge < -0.3 is 4.90 Å². The predicted molar refractivity (Wildman–Crippen MR) is 107 cm³/mol. The Hall–Kier alpha value is -2.17. The van der Waals surface area contributed by atoms with Crippen LogP contribution in [0.1, 0.15) is 29.0 Å². The van der Waals surface area contributed by atoms with Crippen LogP contribution in [0.3, 0.4) is 0 Å². The van der Waals surface area contributed by atoms with Crippen molar-refractivity contribution in [2.45, 2.75) is 25.1 Å². The van der Waals surface area contributed by atoms with Gasteiger partial charge in [-0.15, -0.1) is 11.3 Å². The zero-order valence-electron chi connectivity index (χ0n) is 15.7. The lowest BCUT2D eigenvalue weighted by atomic mass is 10.1. The number of carbonyl (C=O) groups is 1. The minimum absolute atomic E-state index is 0.144. The fraction of sp³-hybridized carbons (Fsp3) is 0.421. The highest BCUT2D eigenvalue weighted by Gasteiger charge is 2.38. The number of fused-ring (bicyclic) bond motifs is 2. The molecule has 0 N–H and O–H groups in total. The van der Waals surface area contributed by atoms with E-state index in [-0.39, 0.29) is 28.1 Å². The van der Waals surface area contributed by atoms with Gasteiger partial charge in [-0.05, 0) is 36.9 Å². The SMILES string of the molecule is O=C(c1nn2c(C(F)(F)F)cc(-c3cccs3)nc2c1Cl)N1CCN2CCC[C@H]2C1. The van der Waals surface area contributed by atoms with E-state index in [9.17, 15) is 18.0 Å². The third-order valence-electron chi connectivity index (χ3n) is 5.67. The average molecular weight is 456 g/mol. The number of nitrogens with zero attached hydrogens (tertiary/aromatic N) is 5. The molecule has 30 heavy (non-hydrogen) atoms. The van der Waals surface area contributed by atoms with Crippen molar-refractivity contribution in [1.82, 2.24) is 24.4 Å². The Morgan fingerprint density at radius 1 is 1.27 bits per heavy atom. The van der Waals surface area contributed by atoms with Crippen molar-refractivity contribution < 1.29 is 18.0 Å². The van der Waals surface area contributed by atoms with E-state index < -0.39 is 17.8 Å². The fourth-order valence-electron chi connectivity index (χ4n) is 4.21. The van der Waals surface area contributed by atoms with Crippen LogP contribution in [0.2, 0.25) is 5.02 Å². The smallest absolute Gasteiger partial charge is 0.334 e. The molecular weight excluding hydrogens is 439 g/mol. The second-order valence-corrected chi connectivity index (χ2v) is 8.81. The number of carbonyl (C=O) groups excluding carboxylic acids is 1. The van der Waals surface area contributed by atoms with E-state index >= 15 is 0 Å². The summed E-state index contributed by atoms with van der Waals surface area (Å²) in [5.74, 6) is -0.456. The lowest BCUT2D eigenvalue weighted by Gasteiger charge is -2.37. The van der Waals surface area contributed by atoms with Crippen molar-refractivity contribution in [2.24, 2.45) is 0 Å². The number of alkyl halides is 3. The lowest BCUT2D eigenvalue weighted by Crippen LogP contribution is -2.52. The Labute approximate surface area is 178 Å². The molecule has 0 unspecified atom stereocenters. The number of hydrogen-bond acceptors (Lipinski definition) is 5. The molecular formula is C19H17ClF3N5OS. The van der Waals surface area contributed by atoms with E-state index in [1.807, 2.05) is 0 Å². The minimum atomic E-state index is -4.68. The largest absolute Gasteiger partial charge is 0.433 e. The number of halogens is 4. The van der Waals surface area contributed by atoms with Crippen molar-refractivity contribution in [3.8, 4) is 10.6 Å². The molecule has 0 radical (unpaired) electrons. The van der Waals surface area contributed by atoms with Gasteiger partial charge in [0.2, 0.25) is 0 Å². The normalized spacial score (nSPS) is 20.1. The number of aromatic nitrogens is 3. The monoisotopic (exact) mass is 455 g/mol. The summed E-state index contributed by atoms with van der Waals surface area (Å²) in [4.78, 5) is 21.9. The van der Waals surface area contributed by atoms with E-state index in [0.717, 1.165) is 32.0 Å². The van der Waals surface area contributed by atoms with E-state index in [0.29, 0.717) is 22.5 Å². The van der Waals surface area contributed by atoms with Gasteiger partial charge in [-0.2, -0.15) is 18.3 Å². The molecule has 0 bridgehead atoms. The van der Waals surface area contributed by atoms with E-state index in [1.165, 1.54) is 11.3 Å². The highest BCUT2D eigenvalue weighted by atomic mass is 35.5. The molecule has 0 aromatic carbocycles. The van der Waals surface area contributed by atoms with Gasteiger partial charge in [0.05, 0.1) is 10.6 Å². The van der Waals surface area contributed by atoms with Crippen molar-refractivity contribution in [2.75, 3.05) is 26.2 Å². The molecule has 2 fully saturated rings. The van der Waals surface area contributed by atoms with Gasteiger partial charge in [-0.25, -0.2) is 9.50 Å². The molecule has 0 spiro atoms. The Bertz CT molecular complexity index is 1110. The van der Waals surface area contributed by atoms with Crippen molar-refractivity contribution in [3.05, 3.63) is 40.0 Å². The molecule has 5 rings (SSSR count). The summed E-state index contributed by atoms with van der Waals surface area (Å²) in [6.07, 6.45) is -2.59. The third-order valence-corrected chi connectivity index (χ3v) is 6.91. The third kappa shape index (κ3) is 3.27. The first-order valence-electron chi connectivity index (χ1n) is 9.56. The molecule has 2 aliphatic rings. The summed E-state index contributed by atoms with van der Waals surface area (Å²) in [7, 11) is 0. The zero-order valence-corrected chi connectivity index (χ0v) is 17.3. The predicted octanol–water partition coefficient (Wildman–Crippen LogP) is 4.05. The molecule has 1 amide bonds. The molecule has 3 aromatic heterocycles. The van der Waals surface area contributed by atoms with Crippen LogP contribution in [0, 0.1) is 0 Å². The average Bonchev–Trinajstić information content (AvgIpc) is 3.46. The van der Waals surface area contributed by atoms with Crippen LogP contribution < -0.4 is 0 Å². The summed E-state index contributed by atoms with van der Waals surface area (Å²) in [6, 6.07) is 4.64. The summed E-state index contributed by atoms with van der Waals surface area (Å²) in [6.45, 7) is 2.80. The van der Waals surface area contributed by atoms with Crippen molar-refractivity contribution in [3.63, 3.8) is 0 Å². The number of hydrogen-bond donors (Lipinski definition) is 0. The topological polar surface area (TPSA) is 53.7 Å². The number of amides is 1. The van der Waals surface area contributed by atoms with Gasteiger partial charge in [0.1, 0.15) is 5.02 Å². The highest BCUT2D eigenvalue weighted by Crippen LogP contribution is 2.36. The molecule has 5 heterocycles. The van der Waals surface area contributed by atoms with Crippen LogP contribution in [0.15, 0.2) is 23.6 Å². The second-order valence-electron chi connectivity index (χ2n) is 7.48. The van der Waals surface area contributed by atoms with E-state index in [2.05, 4.69) is 15.0 Å². The van der Waals surface area contributed by atoms with Crippen LogP contribution in [0.4, 0.5) is 13.2 Å². The Balaban J connectivity index is 1.58. The van der Waals surface area contributed by atoms with E-state index in [1.54, 1.807) is 22.4 Å². The van der Waals surface area contributed by atoms with Crippen LogP contribution in [0.5, 0.6) is 0 Å². The first-order chi connectivity index (χ1) is 14.3. The van der Waals surface area contributed by atoms with Gasteiger partial charge >= 0.3 is 6.18 Å². The van der Waals surface area contributed by atoms with Gasteiger partial charge in [-0.1, -0.05) is 17.7 Å². The molecule has 3 aromatic rings. The maximum absolute atomic E-state index is 13.8. The van der Waals surface area contributed by atoms with Gasteiger partial charge in [0.15, 0.2) is 17.0 Å². The molecule has 6 nitrogen and oxygen atoms in total. The van der Waals surface area contributed by atoms with Crippen LogP contribution in [-0.4, -0.2) is 62.5 Å². The molecule has 2 saturated heterocycles. The number of rotatable bonds is 2. The molecule has 2 aliphatic heterocycles. The standard InChI is InChI=1S/C19H17ClF3N5OS/c20-15-16(18(29)27-7-6-26-5-1-3-11(26)10-27)25-28-14(19(21,22)23)9-12(24-17(15)28)13-4-2-8-30-13/h2,4,8-9,11H,1,3,5-7,10H2/t11-/m0/s1. The maximum atomic E-state index is 13.8. The molecule has 158 valence electrons. The molecule has 1 atom stereocenters. The minimum Gasteiger partial charge on any atom is -0.334 e. The molecule has 11 heteroatoms. The summed E-state index contributed by atoms with van der Waals surface area (Å²) in [5.41, 5.74) is -1.23. The number of piperazine rings is 1. The summed E-state index contributed by atoms with van der Waals surface area (Å²) < 4.78 is 41.9. The second kappa shape index (κ2) is 7.21. The van der Waals surface area contributed by atoms with E-state index in [4.69, 9.17) is 11.6 Å². The lowest BCUT2D eigenvalue weighted by molar-refractivity contribution is -0.142.